The Morgan fingerprint density at radius 1 is 1.04 bits per heavy atom. The number of nitrogens with one attached hydrogen (secondary N) is 1. The lowest BCUT2D eigenvalue weighted by atomic mass is 10.2. The molecule has 6 nitrogen and oxygen atoms in total. The van der Waals surface area contributed by atoms with E-state index in [2.05, 4.69) is 10.3 Å². The molecule has 0 aliphatic carbocycles. The molecule has 0 atom stereocenters. The van der Waals surface area contributed by atoms with Crippen molar-refractivity contribution in [1.29, 1.82) is 0 Å². The van der Waals surface area contributed by atoms with Crippen LogP contribution in [0.2, 0.25) is 0 Å². The lowest BCUT2D eigenvalue weighted by Crippen LogP contribution is -2.27. The number of aromatic nitrogens is 1. The minimum Gasteiger partial charge on any atom is -0.454 e. The number of benzene rings is 2. The molecular weight excluding hydrogens is 342 g/mol. The van der Waals surface area contributed by atoms with Crippen molar-refractivity contribution in [1.82, 2.24) is 9.88 Å². The lowest BCUT2D eigenvalue weighted by Gasteiger charge is -2.17. The minimum atomic E-state index is -0.131. The molecule has 1 amide bonds. The molecule has 1 aliphatic heterocycles. The van der Waals surface area contributed by atoms with Gasteiger partial charge in [0, 0.05) is 37.2 Å². The fourth-order valence-corrected chi connectivity index (χ4v) is 2.89. The molecule has 0 saturated heterocycles. The fourth-order valence-electron chi connectivity index (χ4n) is 2.89. The molecule has 0 unspecified atom stereocenters. The van der Waals surface area contributed by atoms with Gasteiger partial charge in [-0.3, -0.25) is 9.78 Å². The molecule has 0 spiro atoms. The van der Waals surface area contributed by atoms with Crippen molar-refractivity contribution in [2.75, 3.05) is 19.2 Å². The summed E-state index contributed by atoms with van der Waals surface area (Å²) in [5.74, 6) is 1.30. The van der Waals surface area contributed by atoms with Gasteiger partial charge in [0.05, 0.1) is 0 Å². The van der Waals surface area contributed by atoms with E-state index in [0.29, 0.717) is 18.0 Å². The van der Waals surface area contributed by atoms with Gasteiger partial charge in [-0.05, 0) is 29.8 Å². The van der Waals surface area contributed by atoms with Crippen LogP contribution in [0.25, 0.3) is 0 Å². The van der Waals surface area contributed by atoms with Gasteiger partial charge in [0.15, 0.2) is 11.5 Å². The molecule has 2 heterocycles. The Balaban J connectivity index is 1.47. The molecule has 1 aromatic heterocycles. The first-order valence-corrected chi connectivity index (χ1v) is 8.61. The van der Waals surface area contributed by atoms with Crippen LogP contribution in [0.4, 0.5) is 11.4 Å². The Morgan fingerprint density at radius 3 is 2.67 bits per heavy atom. The van der Waals surface area contributed by atoms with Crippen molar-refractivity contribution in [3.05, 3.63) is 78.1 Å². The van der Waals surface area contributed by atoms with Gasteiger partial charge in [0.2, 0.25) is 6.79 Å². The van der Waals surface area contributed by atoms with Crippen molar-refractivity contribution in [2.45, 2.75) is 6.54 Å². The highest BCUT2D eigenvalue weighted by Gasteiger charge is 2.15. The van der Waals surface area contributed by atoms with E-state index in [1.165, 1.54) is 0 Å². The Kier molecular flexibility index (Phi) is 4.61. The second-order valence-corrected chi connectivity index (χ2v) is 6.27. The molecule has 27 heavy (non-hydrogen) atoms. The van der Waals surface area contributed by atoms with E-state index in [-0.39, 0.29) is 12.7 Å². The topological polar surface area (TPSA) is 63.7 Å². The molecule has 1 aliphatic rings. The average molecular weight is 361 g/mol. The van der Waals surface area contributed by atoms with Crippen LogP contribution in [-0.2, 0) is 6.54 Å². The largest absolute Gasteiger partial charge is 0.454 e. The van der Waals surface area contributed by atoms with Crippen LogP contribution >= 0.6 is 0 Å². The number of amides is 1. The first-order valence-electron chi connectivity index (χ1n) is 8.61. The van der Waals surface area contributed by atoms with E-state index < -0.39 is 0 Å². The standard InChI is InChI=1S/C21H19N3O3/c1-24(13-15-5-3-2-4-6-15)21(25)18-11-17(9-10-22-18)23-16-7-8-19-20(12-16)27-14-26-19/h2-12H,13-14H2,1H3,(H,22,23). The smallest absolute Gasteiger partial charge is 0.272 e. The number of carbonyl (C=O) groups is 1. The number of carbonyl (C=O) groups excluding carboxylic acids is 1. The molecule has 0 fully saturated rings. The summed E-state index contributed by atoms with van der Waals surface area (Å²) >= 11 is 0. The quantitative estimate of drug-likeness (QED) is 0.748. The van der Waals surface area contributed by atoms with Crippen LogP contribution in [0.3, 0.4) is 0 Å². The van der Waals surface area contributed by atoms with Crippen molar-refractivity contribution < 1.29 is 14.3 Å². The third-order valence-corrected chi connectivity index (χ3v) is 4.25. The van der Waals surface area contributed by atoms with Gasteiger partial charge in [0.25, 0.3) is 5.91 Å². The fraction of sp³-hybridized carbons (Fsp3) is 0.143. The molecule has 0 radical (unpaired) electrons. The number of rotatable bonds is 5. The van der Waals surface area contributed by atoms with Crippen molar-refractivity contribution in [3.63, 3.8) is 0 Å². The summed E-state index contributed by atoms with van der Waals surface area (Å²) in [7, 11) is 1.77. The Labute approximate surface area is 157 Å². The first-order chi connectivity index (χ1) is 13.2. The van der Waals surface area contributed by atoms with Crippen molar-refractivity contribution >= 4 is 17.3 Å². The van der Waals surface area contributed by atoms with Gasteiger partial charge in [0.1, 0.15) is 5.69 Å². The van der Waals surface area contributed by atoms with Crippen LogP contribution in [0.5, 0.6) is 11.5 Å². The van der Waals surface area contributed by atoms with Gasteiger partial charge in [-0.25, -0.2) is 0 Å². The van der Waals surface area contributed by atoms with Crippen LogP contribution in [0.15, 0.2) is 66.9 Å². The summed E-state index contributed by atoms with van der Waals surface area (Å²) in [6.07, 6.45) is 1.62. The maximum Gasteiger partial charge on any atom is 0.272 e. The number of ether oxygens (including phenoxy) is 2. The third kappa shape index (κ3) is 3.84. The average Bonchev–Trinajstić information content (AvgIpc) is 3.16. The predicted molar refractivity (Wildman–Crippen MR) is 102 cm³/mol. The molecule has 2 aromatic carbocycles. The number of fused-ring (bicyclic) bond motifs is 1. The number of hydrogen-bond donors (Lipinski definition) is 1. The molecule has 3 aromatic rings. The Hall–Kier alpha value is -3.54. The van der Waals surface area contributed by atoms with Gasteiger partial charge in [-0.2, -0.15) is 0 Å². The highest BCUT2D eigenvalue weighted by Crippen LogP contribution is 2.35. The molecule has 4 rings (SSSR count). The highest BCUT2D eigenvalue weighted by atomic mass is 16.7. The zero-order chi connectivity index (χ0) is 18.6. The summed E-state index contributed by atoms with van der Waals surface area (Å²) in [6.45, 7) is 0.765. The lowest BCUT2D eigenvalue weighted by molar-refractivity contribution is 0.0779. The van der Waals surface area contributed by atoms with E-state index in [9.17, 15) is 4.79 Å². The number of nitrogens with zero attached hydrogens (tertiary/aromatic N) is 2. The van der Waals surface area contributed by atoms with Crippen LogP contribution in [-0.4, -0.2) is 29.6 Å². The number of anilines is 2. The SMILES string of the molecule is CN(Cc1ccccc1)C(=O)c1cc(Nc2ccc3c(c2)OCO3)ccn1. The highest BCUT2D eigenvalue weighted by molar-refractivity contribution is 5.93. The van der Waals surface area contributed by atoms with E-state index in [1.54, 1.807) is 24.2 Å². The maximum atomic E-state index is 12.7. The number of hydrogen-bond acceptors (Lipinski definition) is 5. The Morgan fingerprint density at radius 2 is 1.81 bits per heavy atom. The monoisotopic (exact) mass is 361 g/mol. The van der Waals surface area contributed by atoms with Crippen molar-refractivity contribution in [3.8, 4) is 11.5 Å². The zero-order valence-corrected chi connectivity index (χ0v) is 14.9. The molecule has 0 bridgehead atoms. The first kappa shape index (κ1) is 16.9. The summed E-state index contributed by atoms with van der Waals surface area (Å²) in [4.78, 5) is 18.6. The summed E-state index contributed by atoms with van der Waals surface area (Å²) in [6, 6.07) is 19.0. The van der Waals surface area contributed by atoms with Crippen LogP contribution in [0, 0.1) is 0 Å². The molecule has 0 saturated carbocycles. The molecule has 1 N–H and O–H groups in total. The molecular formula is C21H19N3O3. The van der Waals surface area contributed by atoms with E-state index >= 15 is 0 Å². The minimum absolute atomic E-state index is 0.131. The maximum absolute atomic E-state index is 12.7. The predicted octanol–water partition coefficient (Wildman–Crippen LogP) is 3.83. The molecule has 136 valence electrons. The Bertz CT molecular complexity index is 960. The normalized spacial score (nSPS) is 11.9. The van der Waals surface area contributed by atoms with E-state index in [1.807, 2.05) is 54.6 Å². The zero-order valence-electron chi connectivity index (χ0n) is 14.9. The van der Waals surface area contributed by atoms with Gasteiger partial charge in [-0.1, -0.05) is 30.3 Å². The van der Waals surface area contributed by atoms with Gasteiger partial charge < -0.3 is 19.7 Å². The second-order valence-electron chi connectivity index (χ2n) is 6.27. The van der Waals surface area contributed by atoms with Crippen LogP contribution < -0.4 is 14.8 Å². The second kappa shape index (κ2) is 7.37. The molecule has 6 heteroatoms. The van der Waals surface area contributed by atoms with E-state index in [0.717, 1.165) is 22.7 Å². The summed E-state index contributed by atoms with van der Waals surface area (Å²) in [5, 5.41) is 3.27. The van der Waals surface area contributed by atoms with Crippen LogP contribution in [0.1, 0.15) is 16.1 Å². The summed E-state index contributed by atoms with van der Waals surface area (Å²) in [5.41, 5.74) is 3.09. The third-order valence-electron chi connectivity index (χ3n) is 4.25. The van der Waals surface area contributed by atoms with E-state index in [4.69, 9.17) is 9.47 Å². The number of pyridine rings is 1. The van der Waals surface area contributed by atoms with Gasteiger partial charge >= 0.3 is 0 Å². The van der Waals surface area contributed by atoms with Gasteiger partial charge in [-0.15, -0.1) is 0 Å². The summed E-state index contributed by atoms with van der Waals surface area (Å²) < 4.78 is 10.7. The van der Waals surface area contributed by atoms with Crippen molar-refractivity contribution in [2.24, 2.45) is 0 Å².